The third kappa shape index (κ3) is 5.91. The van der Waals surface area contributed by atoms with E-state index in [1.165, 1.54) is 12.4 Å². The highest BCUT2D eigenvalue weighted by Crippen LogP contribution is 2.34. The molecule has 0 N–H and O–H groups in total. The van der Waals surface area contributed by atoms with Crippen LogP contribution in [0.1, 0.15) is 34.3 Å². The highest BCUT2D eigenvalue weighted by molar-refractivity contribution is 5.76. The lowest BCUT2D eigenvalue weighted by Gasteiger charge is -2.25. The summed E-state index contributed by atoms with van der Waals surface area (Å²) in [4.78, 5) is 0. The van der Waals surface area contributed by atoms with Crippen LogP contribution in [0.4, 0.5) is 0 Å². The first kappa shape index (κ1) is 24.5. The second-order valence-corrected chi connectivity index (χ2v) is 8.24. The number of hydrogen-bond donors (Lipinski definition) is 0. The molecule has 0 saturated heterocycles. The Morgan fingerprint density at radius 1 is 0.528 bits per heavy atom. The Balaban J connectivity index is 1.83. The summed E-state index contributed by atoms with van der Waals surface area (Å²) in [6.07, 6.45) is 3.02. The van der Waals surface area contributed by atoms with Gasteiger partial charge in [-0.15, -0.1) is 0 Å². The SMILES string of the molecule is COc1ccc(/C=[N+](\[O-])C(c2ccccc2)C(c2ccccc2)/[N+]([O-])=C/c2ccc(OC)cc2)cc1. The molecule has 6 nitrogen and oxygen atoms in total. The molecule has 4 aromatic carbocycles. The van der Waals surface area contributed by atoms with Crippen LogP contribution in [0.3, 0.4) is 0 Å². The molecule has 36 heavy (non-hydrogen) atoms. The first-order chi connectivity index (χ1) is 17.6. The predicted molar refractivity (Wildman–Crippen MR) is 142 cm³/mol. The van der Waals surface area contributed by atoms with E-state index in [2.05, 4.69) is 0 Å². The molecular weight excluding hydrogens is 452 g/mol. The second kappa shape index (κ2) is 11.7. The summed E-state index contributed by atoms with van der Waals surface area (Å²) in [5.41, 5.74) is 2.87. The van der Waals surface area contributed by atoms with Crippen LogP contribution in [0, 0.1) is 10.4 Å². The lowest BCUT2D eigenvalue weighted by atomic mass is 9.93. The van der Waals surface area contributed by atoms with Crippen LogP contribution in [-0.2, 0) is 0 Å². The molecule has 0 fully saturated rings. The molecule has 0 bridgehead atoms. The number of ether oxygens (including phenoxy) is 2. The van der Waals surface area contributed by atoms with Gasteiger partial charge in [-0.25, -0.2) is 0 Å². The van der Waals surface area contributed by atoms with Gasteiger partial charge >= 0.3 is 0 Å². The Kier molecular flexibility index (Phi) is 7.98. The Hall–Kier alpha value is -4.58. The molecule has 0 amide bonds. The Bertz CT molecular complexity index is 1200. The van der Waals surface area contributed by atoms with Crippen molar-refractivity contribution in [2.24, 2.45) is 0 Å². The summed E-state index contributed by atoms with van der Waals surface area (Å²) >= 11 is 0. The van der Waals surface area contributed by atoms with Crippen LogP contribution in [0.25, 0.3) is 0 Å². The molecule has 0 aliphatic heterocycles. The van der Waals surface area contributed by atoms with E-state index in [1.807, 2.05) is 84.9 Å². The van der Waals surface area contributed by atoms with E-state index < -0.39 is 12.1 Å². The third-order valence-electron chi connectivity index (χ3n) is 5.91. The highest BCUT2D eigenvalue weighted by atomic mass is 16.5. The minimum Gasteiger partial charge on any atom is -0.623 e. The van der Waals surface area contributed by atoms with Crippen molar-refractivity contribution in [3.8, 4) is 11.5 Å². The van der Waals surface area contributed by atoms with Gasteiger partial charge in [0.15, 0.2) is 12.4 Å². The van der Waals surface area contributed by atoms with Gasteiger partial charge in [-0.3, -0.25) is 0 Å². The number of benzene rings is 4. The van der Waals surface area contributed by atoms with E-state index in [4.69, 9.17) is 9.47 Å². The molecule has 0 aromatic heterocycles. The number of methoxy groups -OCH3 is 2. The van der Waals surface area contributed by atoms with Crippen molar-refractivity contribution < 1.29 is 19.0 Å². The monoisotopic (exact) mass is 480 g/mol. The zero-order valence-corrected chi connectivity index (χ0v) is 20.2. The Morgan fingerprint density at radius 2 is 0.861 bits per heavy atom. The summed E-state index contributed by atoms with van der Waals surface area (Å²) in [5, 5.41) is 27.5. The van der Waals surface area contributed by atoms with Crippen molar-refractivity contribution in [1.29, 1.82) is 0 Å². The molecule has 0 spiro atoms. The summed E-state index contributed by atoms with van der Waals surface area (Å²) < 4.78 is 12.2. The van der Waals surface area contributed by atoms with Crippen molar-refractivity contribution in [2.75, 3.05) is 14.2 Å². The maximum Gasteiger partial charge on any atom is 0.254 e. The van der Waals surface area contributed by atoms with Gasteiger partial charge in [-0.05, 0) is 48.5 Å². The molecular formula is C30H28N2O4. The van der Waals surface area contributed by atoms with Crippen molar-refractivity contribution in [1.82, 2.24) is 0 Å². The van der Waals surface area contributed by atoms with E-state index >= 15 is 0 Å². The predicted octanol–water partition coefficient (Wildman–Crippen LogP) is 5.75. The van der Waals surface area contributed by atoms with Gasteiger partial charge in [0.1, 0.15) is 11.5 Å². The van der Waals surface area contributed by atoms with Crippen LogP contribution < -0.4 is 9.47 Å². The van der Waals surface area contributed by atoms with Gasteiger partial charge < -0.3 is 19.9 Å². The molecule has 4 aromatic rings. The second-order valence-electron chi connectivity index (χ2n) is 8.24. The lowest BCUT2D eigenvalue weighted by molar-refractivity contribution is -0.605. The van der Waals surface area contributed by atoms with Gasteiger partial charge in [-0.1, -0.05) is 60.7 Å². The molecule has 0 heterocycles. The largest absolute Gasteiger partial charge is 0.623 e. The molecule has 2 atom stereocenters. The van der Waals surface area contributed by atoms with Gasteiger partial charge in [0.2, 0.25) is 0 Å². The smallest absolute Gasteiger partial charge is 0.254 e. The van der Waals surface area contributed by atoms with Gasteiger partial charge in [0.25, 0.3) is 12.1 Å². The van der Waals surface area contributed by atoms with Crippen molar-refractivity contribution >= 4 is 12.4 Å². The molecule has 0 aliphatic rings. The average Bonchev–Trinajstić information content (AvgIpc) is 2.93. The van der Waals surface area contributed by atoms with Crippen molar-refractivity contribution in [2.45, 2.75) is 12.1 Å². The maximum absolute atomic E-state index is 13.8. The van der Waals surface area contributed by atoms with Gasteiger partial charge in [0, 0.05) is 22.3 Å². The van der Waals surface area contributed by atoms with Crippen LogP contribution >= 0.6 is 0 Å². The molecule has 0 aliphatic carbocycles. The molecule has 0 saturated carbocycles. The Labute approximate surface area is 211 Å². The standard InChI is InChI=1S/C30H28N2O4/c1-35-27-17-13-23(14-18-27)21-31(33)29(25-9-5-3-6-10-25)30(26-11-7-4-8-12-26)32(34)22-24-15-19-28(36-2)20-16-24/h3-22,29-30H,1-2H3/b31-21-,32-22-. The topological polar surface area (TPSA) is 70.6 Å². The summed E-state index contributed by atoms with van der Waals surface area (Å²) in [6.45, 7) is 0. The summed E-state index contributed by atoms with van der Waals surface area (Å²) in [7, 11) is 3.19. The number of hydroxylamine groups is 2. The fourth-order valence-electron chi connectivity index (χ4n) is 4.07. The summed E-state index contributed by atoms with van der Waals surface area (Å²) in [6, 6.07) is 31.5. The van der Waals surface area contributed by atoms with Crippen molar-refractivity contribution in [3.63, 3.8) is 0 Å². The first-order valence-corrected chi connectivity index (χ1v) is 11.6. The normalized spacial score (nSPS) is 13.6. The first-order valence-electron chi connectivity index (χ1n) is 11.6. The van der Waals surface area contributed by atoms with Crippen LogP contribution in [-0.4, -0.2) is 36.1 Å². The van der Waals surface area contributed by atoms with Crippen molar-refractivity contribution in [3.05, 3.63) is 142 Å². The molecule has 6 heteroatoms. The van der Waals surface area contributed by atoms with E-state index in [0.717, 1.165) is 20.6 Å². The fourth-order valence-corrected chi connectivity index (χ4v) is 4.07. The van der Waals surface area contributed by atoms with Gasteiger partial charge in [0.05, 0.1) is 14.2 Å². The lowest BCUT2D eigenvalue weighted by Crippen LogP contribution is -2.29. The highest BCUT2D eigenvalue weighted by Gasteiger charge is 2.38. The third-order valence-corrected chi connectivity index (χ3v) is 5.91. The quantitative estimate of drug-likeness (QED) is 0.132. The zero-order valence-electron chi connectivity index (χ0n) is 20.2. The molecule has 2 unspecified atom stereocenters. The zero-order chi connectivity index (χ0) is 25.3. The van der Waals surface area contributed by atoms with Crippen LogP contribution in [0.2, 0.25) is 0 Å². The van der Waals surface area contributed by atoms with E-state index in [-0.39, 0.29) is 0 Å². The van der Waals surface area contributed by atoms with E-state index in [9.17, 15) is 10.4 Å². The van der Waals surface area contributed by atoms with Crippen LogP contribution in [0.5, 0.6) is 11.5 Å². The maximum atomic E-state index is 13.8. The van der Waals surface area contributed by atoms with Gasteiger partial charge in [-0.2, -0.15) is 9.48 Å². The number of hydrogen-bond acceptors (Lipinski definition) is 4. The fraction of sp³-hybridized carbons (Fsp3) is 0.133. The molecule has 4 rings (SSSR count). The molecule has 182 valence electrons. The van der Waals surface area contributed by atoms with Crippen LogP contribution in [0.15, 0.2) is 109 Å². The minimum absolute atomic E-state index is 0.700. The van der Waals surface area contributed by atoms with E-state index in [1.54, 1.807) is 38.5 Å². The average molecular weight is 481 g/mol. The summed E-state index contributed by atoms with van der Waals surface area (Å²) in [5.74, 6) is 1.40. The van der Waals surface area contributed by atoms with E-state index in [0.29, 0.717) is 22.6 Å². The number of rotatable bonds is 9. The number of nitrogens with zero attached hydrogens (tertiary/aromatic N) is 2. The minimum atomic E-state index is -0.817. The molecule has 0 radical (unpaired) electrons. The Morgan fingerprint density at radius 3 is 1.17 bits per heavy atom.